The largest absolute Gasteiger partial charge is 0.339 e. The summed E-state index contributed by atoms with van der Waals surface area (Å²) >= 11 is 1.82. The number of fused-ring (bicyclic) bond motifs is 1. The molecule has 2 aliphatic rings. The Morgan fingerprint density at radius 3 is 2.04 bits per heavy atom. The molecule has 0 radical (unpaired) electrons. The lowest BCUT2D eigenvalue weighted by molar-refractivity contribution is -0.136. The molecular formula is C17H20N2O3S. The summed E-state index contributed by atoms with van der Waals surface area (Å²) in [6.07, 6.45) is 0. The average Bonchev–Trinajstić information content (AvgIpc) is 2.81. The molecule has 1 aromatic carbocycles. The average molecular weight is 332 g/mol. The molecule has 3 amide bonds. The second-order valence-corrected chi connectivity index (χ2v) is 7.38. The molecule has 5 nitrogen and oxygen atoms in total. The first-order valence-corrected chi connectivity index (χ1v) is 9.01. The van der Waals surface area contributed by atoms with Gasteiger partial charge in [-0.1, -0.05) is 26.0 Å². The molecule has 1 atom stereocenters. The summed E-state index contributed by atoms with van der Waals surface area (Å²) in [6, 6.07) is 6.04. The Balaban J connectivity index is 1.92. The third-order valence-corrected chi connectivity index (χ3v) is 5.25. The number of amides is 3. The van der Waals surface area contributed by atoms with Crippen LogP contribution in [0.3, 0.4) is 0 Å². The fraction of sp³-hybridized carbons (Fsp3) is 0.471. The number of imide groups is 1. The fourth-order valence-corrected chi connectivity index (χ4v) is 4.03. The highest BCUT2D eigenvalue weighted by Gasteiger charge is 2.45. The van der Waals surface area contributed by atoms with E-state index in [4.69, 9.17) is 0 Å². The molecule has 0 saturated carbocycles. The SMILES string of the molecule is CC(C)[C@H](C(=O)N1CCSCC1)N1C(=O)c2ccccc2C1=O. The van der Waals surface area contributed by atoms with E-state index >= 15 is 0 Å². The Morgan fingerprint density at radius 1 is 1.04 bits per heavy atom. The number of hydrogen-bond acceptors (Lipinski definition) is 4. The van der Waals surface area contributed by atoms with Crippen molar-refractivity contribution in [2.75, 3.05) is 24.6 Å². The molecule has 2 aliphatic heterocycles. The lowest BCUT2D eigenvalue weighted by Gasteiger charge is -2.35. The van der Waals surface area contributed by atoms with Gasteiger partial charge in [0.05, 0.1) is 11.1 Å². The van der Waals surface area contributed by atoms with Crippen LogP contribution < -0.4 is 0 Å². The monoisotopic (exact) mass is 332 g/mol. The molecule has 2 heterocycles. The maximum absolute atomic E-state index is 12.9. The van der Waals surface area contributed by atoms with Crippen LogP contribution in [0.5, 0.6) is 0 Å². The number of nitrogens with zero attached hydrogens (tertiary/aromatic N) is 2. The zero-order chi connectivity index (χ0) is 16.6. The minimum Gasteiger partial charge on any atom is -0.339 e. The van der Waals surface area contributed by atoms with E-state index in [9.17, 15) is 14.4 Å². The lowest BCUT2D eigenvalue weighted by Crippen LogP contribution is -2.54. The van der Waals surface area contributed by atoms with Crippen molar-refractivity contribution < 1.29 is 14.4 Å². The van der Waals surface area contributed by atoms with Crippen molar-refractivity contribution in [1.82, 2.24) is 9.80 Å². The topological polar surface area (TPSA) is 57.7 Å². The van der Waals surface area contributed by atoms with Gasteiger partial charge < -0.3 is 4.90 Å². The van der Waals surface area contributed by atoms with Crippen molar-refractivity contribution in [1.29, 1.82) is 0 Å². The summed E-state index contributed by atoms with van der Waals surface area (Å²) in [5.41, 5.74) is 0.787. The maximum Gasteiger partial charge on any atom is 0.262 e. The maximum atomic E-state index is 12.9. The molecule has 122 valence electrons. The molecule has 1 aromatic rings. The van der Waals surface area contributed by atoms with Crippen LogP contribution in [-0.4, -0.2) is 58.2 Å². The molecule has 1 saturated heterocycles. The first-order chi connectivity index (χ1) is 11.0. The van der Waals surface area contributed by atoms with Gasteiger partial charge in [-0.2, -0.15) is 11.8 Å². The second kappa shape index (κ2) is 6.35. The number of thioether (sulfide) groups is 1. The first-order valence-electron chi connectivity index (χ1n) is 7.86. The zero-order valence-electron chi connectivity index (χ0n) is 13.3. The highest BCUT2D eigenvalue weighted by molar-refractivity contribution is 7.99. The van der Waals surface area contributed by atoms with Crippen molar-refractivity contribution in [3.63, 3.8) is 0 Å². The second-order valence-electron chi connectivity index (χ2n) is 6.15. The van der Waals surface area contributed by atoms with Gasteiger partial charge in [-0.3, -0.25) is 19.3 Å². The standard InChI is InChI=1S/C17H20N2O3S/c1-11(2)14(17(22)18-7-9-23-10-8-18)19-15(20)12-5-3-4-6-13(12)16(19)21/h3-6,11,14H,7-10H2,1-2H3/t14-/m1/s1. The van der Waals surface area contributed by atoms with Crippen molar-refractivity contribution in [3.8, 4) is 0 Å². The number of carbonyl (C=O) groups excluding carboxylic acids is 3. The number of benzene rings is 1. The van der Waals surface area contributed by atoms with Crippen LogP contribution >= 0.6 is 11.8 Å². The molecule has 23 heavy (non-hydrogen) atoms. The smallest absolute Gasteiger partial charge is 0.262 e. The highest BCUT2D eigenvalue weighted by Crippen LogP contribution is 2.28. The van der Waals surface area contributed by atoms with Gasteiger partial charge in [0.1, 0.15) is 6.04 Å². The summed E-state index contributed by atoms with van der Waals surface area (Å²) in [5, 5.41) is 0. The van der Waals surface area contributed by atoms with Crippen LogP contribution in [0, 0.1) is 5.92 Å². The van der Waals surface area contributed by atoms with Crippen molar-refractivity contribution in [2.24, 2.45) is 5.92 Å². The van der Waals surface area contributed by atoms with Gasteiger partial charge in [-0.25, -0.2) is 0 Å². The Morgan fingerprint density at radius 2 is 1.57 bits per heavy atom. The summed E-state index contributed by atoms with van der Waals surface area (Å²) in [6.45, 7) is 5.11. The molecule has 6 heteroatoms. The van der Waals surface area contributed by atoms with E-state index in [-0.39, 0.29) is 23.6 Å². The minimum absolute atomic E-state index is 0.116. The van der Waals surface area contributed by atoms with Gasteiger partial charge in [0.15, 0.2) is 0 Å². The quantitative estimate of drug-likeness (QED) is 0.793. The van der Waals surface area contributed by atoms with E-state index in [1.165, 1.54) is 4.90 Å². The van der Waals surface area contributed by atoms with Crippen LogP contribution in [0.1, 0.15) is 34.6 Å². The third-order valence-electron chi connectivity index (χ3n) is 4.31. The van der Waals surface area contributed by atoms with Gasteiger partial charge in [-0.15, -0.1) is 0 Å². The summed E-state index contributed by atoms with van der Waals surface area (Å²) in [7, 11) is 0. The zero-order valence-corrected chi connectivity index (χ0v) is 14.1. The molecular weight excluding hydrogens is 312 g/mol. The molecule has 0 aliphatic carbocycles. The summed E-state index contributed by atoms with van der Waals surface area (Å²) in [5.74, 6) is 0.847. The number of hydrogen-bond donors (Lipinski definition) is 0. The summed E-state index contributed by atoms with van der Waals surface area (Å²) < 4.78 is 0. The number of rotatable bonds is 3. The van der Waals surface area contributed by atoms with E-state index < -0.39 is 6.04 Å². The number of carbonyl (C=O) groups is 3. The predicted octanol–water partition coefficient (Wildman–Crippen LogP) is 1.88. The van der Waals surface area contributed by atoms with Gasteiger partial charge in [0, 0.05) is 24.6 Å². The van der Waals surface area contributed by atoms with Crippen molar-refractivity contribution in [3.05, 3.63) is 35.4 Å². The van der Waals surface area contributed by atoms with Crippen LogP contribution in [0.25, 0.3) is 0 Å². The first kappa shape index (κ1) is 16.1. The van der Waals surface area contributed by atoms with Gasteiger partial charge in [0.2, 0.25) is 5.91 Å². The Kier molecular flexibility index (Phi) is 4.43. The molecule has 0 unspecified atom stereocenters. The van der Waals surface area contributed by atoms with Crippen LogP contribution in [-0.2, 0) is 4.79 Å². The Labute approximate surface area is 140 Å². The van der Waals surface area contributed by atoms with E-state index in [1.54, 1.807) is 29.2 Å². The Bertz CT molecular complexity index is 618. The van der Waals surface area contributed by atoms with Crippen molar-refractivity contribution in [2.45, 2.75) is 19.9 Å². The normalized spacial score (nSPS) is 19.3. The molecule has 0 N–H and O–H groups in total. The third kappa shape index (κ3) is 2.76. The lowest BCUT2D eigenvalue weighted by atomic mass is 10.0. The summed E-state index contributed by atoms with van der Waals surface area (Å²) in [4.78, 5) is 41.2. The van der Waals surface area contributed by atoms with Gasteiger partial charge in [-0.05, 0) is 18.1 Å². The van der Waals surface area contributed by atoms with Crippen LogP contribution in [0.15, 0.2) is 24.3 Å². The van der Waals surface area contributed by atoms with Crippen LogP contribution in [0.2, 0.25) is 0 Å². The molecule has 0 spiro atoms. The predicted molar refractivity (Wildman–Crippen MR) is 89.5 cm³/mol. The van der Waals surface area contributed by atoms with E-state index in [1.807, 2.05) is 25.6 Å². The Hall–Kier alpha value is -1.82. The molecule has 3 rings (SSSR count). The van der Waals surface area contributed by atoms with E-state index in [0.717, 1.165) is 11.5 Å². The highest BCUT2D eigenvalue weighted by atomic mass is 32.2. The van der Waals surface area contributed by atoms with Gasteiger partial charge >= 0.3 is 0 Å². The van der Waals surface area contributed by atoms with E-state index in [2.05, 4.69) is 0 Å². The minimum atomic E-state index is -0.731. The van der Waals surface area contributed by atoms with Gasteiger partial charge in [0.25, 0.3) is 11.8 Å². The molecule has 1 fully saturated rings. The van der Waals surface area contributed by atoms with Crippen molar-refractivity contribution >= 4 is 29.5 Å². The molecule has 0 aromatic heterocycles. The van der Waals surface area contributed by atoms with E-state index in [0.29, 0.717) is 24.2 Å². The fourth-order valence-electron chi connectivity index (χ4n) is 3.13. The molecule has 0 bridgehead atoms. The van der Waals surface area contributed by atoms with Crippen LogP contribution in [0.4, 0.5) is 0 Å².